The molecule has 2 unspecified atom stereocenters. The molecular formula is C10H19NO. The van der Waals surface area contributed by atoms with Crippen molar-refractivity contribution < 1.29 is 4.74 Å². The molecule has 0 radical (unpaired) electrons. The van der Waals surface area contributed by atoms with Crippen LogP contribution < -0.4 is 5.32 Å². The second-order valence-electron chi connectivity index (χ2n) is 4.28. The fourth-order valence-corrected chi connectivity index (χ4v) is 2.58. The van der Waals surface area contributed by atoms with Crippen molar-refractivity contribution in [2.45, 2.75) is 38.1 Å². The van der Waals surface area contributed by atoms with E-state index < -0.39 is 0 Å². The monoisotopic (exact) mass is 169 g/mol. The Morgan fingerprint density at radius 3 is 3.08 bits per heavy atom. The molecule has 12 heavy (non-hydrogen) atoms. The van der Waals surface area contributed by atoms with Crippen LogP contribution in [-0.4, -0.2) is 25.3 Å². The molecule has 1 heterocycles. The van der Waals surface area contributed by atoms with Gasteiger partial charge in [0, 0.05) is 12.1 Å². The fourth-order valence-electron chi connectivity index (χ4n) is 2.58. The van der Waals surface area contributed by atoms with Crippen LogP contribution >= 0.6 is 0 Å². The normalized spacial score (nSPS) is 42.2. The lowest BCUT2D eigenvalue weighted by atomic mass is 9.95. The molecule has 2 rings (SSSR count). The van der Waals surface area contributed by atoms with E-state index in [0.717, 1.165) is 25.7 Å². The molecule has 70 valence electrons. The number of morpholine rings is 1. The third-order valence-corrected chi connectivity index (χ3v) is 3.41. The van der Waals surface area contributed by atoms with Gasteiger partial charge in [0.25, 0.3) is 0 Å². The lowest BCUT2D eigenvalue weighted by molar-refractivity contribution is 0.0283. The highest BCUT2D eigenvalue weighted by atomic mass is 16.5. The summed E-state index contributed by atoms with van der Waals surface area (Å²) in [5.41, 5.74) is 0.374. The maximum Gasteiger partial charge on any atom is 0.0649 e. The molecule has 1 saturated heterocycles. The maximum absolute atomic E-state index is 5.54. The summed E-state index contributed by atoms with van der Waals surface area (Å²) in [6.07, 6.45) is 5.39. The Morgan fingerprint density at radius 2 is 2.50 bits per heavy atom. The van der Waals surface area contributed by atoms with Crippen molar-refractivity contribution in [3.63, 3.8) is 0 Å². The molecule has 1 spiro atoms. The SMILES string of the molecule is CCC1CCC2(COCCN2)C1. The van der Waals surface area contributed by atoms with E-state index in [0.29, 0.717) is 5.54 Å². The molecular weight excluding hydrogens is 150 g/mol. The first-order valence-electron chi connectivity index (χ1n) is 5.17. The van der Waals surface area contributed by atoms with E-state index >= 15 is 0 Å². The molecule has 2 nitrogen and oxygen atoms in total. The number of hydrogen-bond acceptors (Lipinski definition) is 2. The van der Waals surface area contributed by atoms with Crippen molar-refractivity contribution >= 4 is 0 Å². The van der Waals surface area contributed by atoms with E-state index in [1.165, 1.54) is 25.7 Å². The lowest BCUT2D eigenvalue weighted by Gasteiger charge is -2.34. The first-order chi connectivity index (χ1) is 5.85. The molecule has 1 N–H and O–H groups in total. The molecule has 0 bridgehead atoms. The highest BCUT2D eigenvalue weighted by Gasteiger charge is 2.39. The minimum Gasteiger partial charge on any atom is -0.378 e. The van der Waals surface area contributed by atoms with Crippen molar-refractivity contribution in [3.8, 4) is 0 Å². The third kappa shape index (κ3) is 1.50. The van der Waals surface area contributed by atoms with Gasteiger partial charge in [-0.05, 0) is 25.2 Å². The second kappa shape index (κ2) is 3.35. The number of hydrogen-bond donors (Lipinski definition) is 1. The highest BCUT2D eigenvalue weighted by Crippen LogP contribution is 2.37. The largest absolute Gasteiger partial charge is 0.378 e. The van der Waals surface area contributed by atoms with E-state index in [1.54, 1.807) is 0 Å². The van der Waals surface area contributed by atoms with Crippen LogP contribution in [-0.2, 0) is 4.74 Å². The molecule has 0 amide bonds. The quantitative estimate of drug-likeness (QED) is 0.643. The predicted octanol–water partition coefficient (Wildman–Crippen LogP) is 1.56. The van der Waals surface area contributed by atoms with Gasteiger partial charge >= 0.3 is 0 Å². The van der Waals surface area contributed by atoms with Gasteiger partial charge in [0.1, 0.15) is 0 Å². The summed E-state index contributed by atoms with van der Waals surface area (Å²) in [6.45, 7) is 5.20. The Kier molecular flexibility index (Phi) is 2.37. The van der Waals surface area contributed by atoms with Crippen LogP contribution in [0.25, 0.3) is 0 Å². The van der Waals surface area contributed by atoms with Crippen molar-refractivity contribution in [2.75, 3.05) is 19.8 Å². The number of nitrogens with one attached hydrogen (secondary N) is 1. The summed E-state index contributed by atoms with van der Waals surface area (Å²) in [5.74, 6) is 0.944. The minimum absolute atomic E-state index is 0.374. The zero-order valence-electron chi connectivity index (χ0n) is 7.94. The van der Waals surface area contributed by atoms with Crippen LogP contribution in [0, 0.1) is 5.92 Å². The van der Waals surface area contributed by atoms with Crippen LogP contribution in [0.4, 0.5) is 0 Å². The molecule has 1 aliphatic heterocycles. The summed E-state index contributed by atoms with van der Waals surface area (Å²) in [4.78, 5) is 0. The Hall–Kier alpha value is -0.0800. The highest BCUT2D eigenvalue weighted by molar-refractivity contribution is 4.97. The molecule has 2 heteroatoms. The zero-order chi connectivity index (χ0) is 8.44. The van der Waals surface area contributed by atoms with Gasteiger partial charge < -0.3 is 10.1 Å². The van der Waals surface area contributed by atoms with Crippen molar-refractivity contribution in [1.29, 1.82) is 0 Å². The Labute approximate surface area is 74.7 Å². The van der Waals surface area contributed by atoms with Gasteiger partial charge in [-0.2, -0.15) is 0 Å². The van der Waals surface area contributed by atoms with Gasteiger partial charge in [-0.1, -0.05) is 13.3 Å². The first kappa shape index (κ1) is 8.52. The summed E-state index contributed by atoms with van der Waals surface area (Å²) < 4.78 is 5.54. The molecule has 2 aliphatic rings. The molecule has 1 saturated carbocycles. The summed E-state index contributed by atoms with van der Waals surface area (Å²) >= 11 is 0. The Morgan fingerprint density at radius 1 is 1.58 bits per heavy atom. The third-order valence-electron chi connectivity index (χ3n) is 3.41. The van der Waals surface area contributed by atoms with Gasteiger partial charge in [-0.15, -0.1) is 0 Å². The van der Waals surface area contributed by atoms with Gasteiger partial charge in [0.2, 0.25) is 0 Å². The van der Waals surface area contributed by atoms with E-state index in [1.807, 2.05) is 0 Å². The average Bonchev–Trinajstić information content (AvgIpc) is 2.50. The van der Waals surface area contributed by atoms with Crippen molar-refractivity contribution in [3.05, 3.63) is 0 Å². The van der Waals surface area contributed by atoms with Crippen LogP contribution in [0.15, 0.2) is 0 Å². The van der Waals surface area contributed by atoms with Crippen LogP contribution in [0.2, 0.25) is 0 Å². The molecule has 0 aromatic carbocycles. The molecule has 2 atom stereocenters. The van der Waals surface area contributed by atoms with E-state index in [-0.39, 0.29) is 0 Å². The first-order valence-corrected chi connectivity index (χ1v) is 5.17. The molecule has 0 aromatic heterocycles. The van der Waals surface area contributed by atoms with Crippen molar-refractivity contribution in [2.24, 2.45) is 5.92 Å². The van der Waals surface area contributed by atoms with Crippen LogP contribution in [0.5, 0.6) is 0 Å². The second-order valence-corrected chi connectivity index (χ2v) is 4.28. The zero-order valence-corrected chi connectivity index (χ0v) is 7.94. The summed E-state index contributed by atoms with van der Waals surface area (Å²) in [5, 5.41) is 3.63. The standard InChI is InChI=1S/C10H19NO/c1-2-9-3-4-10(7-9)8-12-6-5-11-10/h9,11H,2-8H2,1H3. The summed E-state index contributed by atoms with van der Waals surface area (Å²) in [6, 6.07) is 0. The van der Waals surface area contributed by atoms with Crippen molar-refractivity contribution in [1.82, 2.24) is 5.32 Å². The Balaban J connectivity index is 1.94. The number of rotatable bonds is 1. The summed E-state index contributed by atoms with van der Waals surface area (Å²) in [7, 11) is 0. The van der Waals surface area contributed by atoms with Gasteiger partial charge in [0.05, 0.1) is 13.2 Å². The van der Waals surface area contributed by atoms with Crippen LogP contribution in [0.3, 0.4) is 0 Å². The van der Waals surface area contributed by atoms with E-state index in [4.69, 9.17) is 4.74 Å². The molecule has 2 fully saturated rings. The van der Waals surface area contributed by atoms with E-state index in [9.17, 15) is 0 Å². The Bertz CT molecular complexity index is 152. The molecule has 0 aromatic rings. The fraction of sp³-hybridized carbons (Fsp3) is 1.00. The minimum atomic E-state index is 0.374. The molecule has 1 aliphatic carbocycles. The van der Waals surface area contributed by atoms with Crippen LogP contribution in [0.1, 0.15) is 32.6 Å². The lowest BCUT2D eigenvalue weighted by Crippen LogP contribution is -2.52. The average molecular weight is 169 g/mol. The van der Waals surface area contributed by atoms with Gasteiger partial charge in [-0.25, -0.2) is 0 Å². The van der Waals surface area contributed by atoms with Gasteiger partial charge in [0.15, 0.2) is 0 Å². The van der Waals surface area contributed by atoms with E-state index in [2.05, 4.69) is 12.2 Å². The smallest absolute Gasteiger partial charge is 0.0649 e. The maximum atomic E-state index is 5.54. The predicted molar refractivity (Wildman–Crippen MR) is 49.2 cm³/mol. The topological polar surface area (TPSA) is 21.3 Å². The number of ether oxygens (including phenoxy) is 1. The van der Waals surface area contributed by atoms with Gasteiger partial charge in [-0.3, -0.25) is 0 Å².